The zero-order valence-electron chi connectivity index (χ0n) is 8.99. The van der Waals surface area contributed by atoms with Crippen molar-refractivity contribution in [2.75, 3.05) is 19.6 Å². The second-order valence-electron chi connectivity index (χ2n) is 3.90. The van der Waals surface area contributed by atoms with Crippen molar-refractivity contribution in [3.63, 3.8) is 0 Å². The Bertz CT molecular complexity index is 255. The first kappa shape index (κ1) is 11.8. The van der Waals surface area contributed by atoms with E-state index in [0.717, 1.165) is 0 Å². The molecule has 1 atom stereocenters. The summed E-state index contributed by atoms with van der Waals surface area (Å²) in [6, 6.07) is -0.787. The topological polar surface area (TPSA) is 81.7 Å². The first-order valence-electron chi connectivity index (χ1n) is 5.02. The minimum atomic E-state index is -0.919. The number of carboxylic acid groups (broad SMARTS) is 1. The van der Waals surface area contributed by atoms with E-state index in [1.54, 1.807) is 0 Å². The summed E-state index contributed by atoms with van der Waals surface area (Å²) in [5, 5.41) is 14.4. The van der Waals surface area contributed by atoms with Crippen LogP contribution in [0.4, 0.5) is 4.79 Å². The number of amides is 2. The maximum Gasteiger partial charge on any atom is 0.322 e. The van der Waals surface area contributed by atoms with Crippen LogP contribution in [-0.4, -0.2) is 53.7 Å². The van der Waals surface area contributed by atoms with E-state index in [0.29, 0.717) is 13.1 Å². The molecule has 1 aliphatic rings. The molecule has 0 aromatic heterocycles. The molecular weight excluding hydrogens is 198 g/mol. The summed E-state index contributed by atoms with van der Waals surface area (Å²) in [5.41, 5.74) is 0. The average molecular weight is 215 g/mol. The molecule has 1 rings (SSSR count). The van der Waals surface area contributed by atoms with Crippen LogP contribution in [0.25, 0.3) is 0 Å². The van der Waals surface area contributed by atoms with Crippen molar-refractivity contribution in [3.05, 3.63) is 0 Å². The SMILES string of the molecule is CC(C)NC(=O)N1CCNC(C(=O)O)C1. The molecule has 3 N–H and O–H groups in total. The van der Waals surface area contributed by atoms with Crippen LogP contribution in [0.1, 0.15) is 13.8 Å². The third-order valence-electron chi connectivity index (χ3n) is 2.17. The van der Waals surface area contributed by atoms with Gasteiger partial charge in [-0.2, -0.15) is 0 Å². The van der Waals surface area contributed by atoms with E-state index >= 15 is 0 Å². The highest BCUT2D eigenvalue weighted by Crippen LogP contribution is 2.00. The Balaban J connectivity index is 2.48. The molecule has 2 amide bonds. The molecule has 1 saturated heterocycles. The van der Waals surface area contributed by atoms with Gasteiger partial charge in [-0.15, -0.1) is 0 Å². The molecule has 0 bridgehead atoms. The summed E-state index contributed by atoms with van der Waals surface area (Å²) < 4.78 is 0. The monoisotopic (exact) mass is 215 g/mol. The van der Waals surface area contributed by atoms with Crippen molar-refractivity contribution >= 4 is 12.0 Å². The van der Waals surface area contributed by atoms with E-state index in [1.807, 2.05) is 13.8 Å². The van der Waals surface area contributed by atoms with Gasteiger partial charge >= 0.3 is 12.0 Å². The summed E-state index contributed by atoms with van der Waals surface area (Å²) in [7, 11) is 0. The molecule has 15 heavy (non-hydrogen) atoms. The van der Waals surface area contributed by atoms with Crippen molar-refractivity contribution in [3.8, 4) is 0 Å². The molecule has 0 radical (unpaired) electrons. The summed E-state index contributed by atoms with van der Waals surface area (Å²) >= 11 is 0. The molecular formula is C9H17N3O3. The number of urea groups is 1. The molecule has 1 unspecified atom stereocenters. The number of rotatable bonds is 2. The maximum absolute atomic E-state index is 11.6. The van der Waals surface area contributed by atoms with E-state index in [-0.39, 0.29) is 18.6 Å². The van der Waals surface area contributed by atoms with Crippen LogP contribution in [0, 0.1) is 0 Å². The van der Waals surface area contributed by atoms with E-state index in [9.17, 15) is 9.59 Å². The van der Waals surface area contributed by atoms with Gasteiger partial charge in [0.1, 0.15) is 6.04 Å². The van der Waals surface area contributed by atoms with Gasteiger partial charge in [-0.05, 0) is 13.8 Å². The lowest BCUT2D eigenvalue weighted by Gasteiger charge is -2.32. The third kappa shape index (κ3) is 3.39. The third-order valence-corrected chi connectivity index (χ3v) is 2.17. The molecule has 0 saturated carbocycles. The number of hydrogen-bond donors (Lipinski definition) is 3. The highest BCUT2D eigenvalue weighted by Gasteiger charge is 2.27. The van der Waals surface area contributed by atoms with Crippen molar-refractivity contribution in [2.45, 2.75) is 25.9 Å². The molecule has 0 aromatic carbocycles. The van der Waals surface area contributed by atoms with Crippen LogP contribution >= 0.6 is 0 Å². The van der Waals surface area contributed by atoms with Crippen LogP contribution < -0.4 is 10.6 Å². The fourth-order valence-electron chi connectivity index (χ4n) is 1.44. The van der Waals surface area contributed by atoms with Crippen molar-refractivity contribution < 1.29 is 14.7 Å². The fourth-order valence-corrected chi connectivity index (χ4v) is 1.44. The normalized spacial score (nSPS) is 21.5. The Hall–Kier alpha value is -1.30. The predicted molar refractivity (Wildman–Crippen MR) is 54.7 cm³/mol. The van der Waals surface area contributed by atoms with Gasteiger partial charge in [-0.25, -0.2) is 4.79 Å². The van der Waals surface area contributed by atoms with E-state index in [2.05, 4.69) is 10.6 Å². The molecule has 86 valence electrons. The Morgan fingerprint density at radius 2 is 2.20 bits per heavy atom. The van der Waals surface area contributed by atoms with Gasteiger partial charge in [0.2, 0.25) is 0 Å². The van der Waals surface area contributed by atoms with Crippen molar-refractivity contribution in [1.29, 1.82) is 0 Å². The Kier molecular flexibility index (Phi) is 3.90. The standard InChI is InChI=1S/C9H17N3O3/c1-6(2)11-9(15)12-4-3-10-7(5-12)8(13)14/h6-7,10H,3-5H2,1-2H3,(H,11,15)(H,13,14). The summed E-state index contributed by atoms with van der Waals surface area (Å²) in [4.78, 5) is 23.8. The smallest absolute Gasteiger partial charge is 0.322 e. The Morgan fingerprint density at radius 3 is 2.73 bits per heavy atom. The maximum atomic E-state index is 11.6. The summed E-state index contributed by atoms with van der Waals surface area (Å²) in [6.07, 6.45) is 0. The minimum absolute atomic E-state index is 0.0654. The highest BCUT2D eigenvalue weighted by molar-refractivity contribution is 5.78. The average Bonchev–Trinajstić information content (AvgIpc) is 2.17. The molecule has 1 aliphatic heterocycles. The number of piperazine rings is 1. The predicted octanol–water partition coefficient (Wildman–Crippen LogP) is -0.537. The summed E-state index contributed by atoms with van der Waals surface area (Å²) in [5.74, 6) is -0.919. The van der Waals surface area contributed by atoms with Gasteiger partial charge in [0.25, 0.3) is 0 Å². The first-order valence-corrected chi connectivity index (χ1v) is 5.02. The van der Waals surface area contributed by atoms with Gasteiger partial charge in [-0.3, -0.25) is 4.79 Å². The van der Waals surface area contributed by atoms with Crippen molar-refractivity contribution in [2.24, 2.45) is 0 Å². The van der Waals surface area contributed by atoms with Crippen LogP contribution in [0.15, 0.2) is 0 Å². The van der Waals surface area contributed by atoms with E-state index < -0.39 is 12.0 Å². The van der Waals surface area contributed by atoms with Gasteiger partial charge < -0.3 is 20.6 Å². The van der Waals surface area contributed by atoms with Crippen LogP contribution in [0.5, 0.6) is 0 Å². The molecule has 0 spiro atoms. The molecule has 6 heteroatoms. The molecule has 0 aliphatic carbocycles. The molecule has 6 nitrogen and oxygen atoms in total. The zero-order chi connectivity index (χ0) is 11.4. The largest absolute Gasteiger partial charge is 0.480 e. The number of carbonyl (C=O) groups excluding carboxylic acids is 1. The highest BCUT2D eigenvalue weighted by atomic mass is 16.4. The second kappa shape index (κ2) is 4.97. The number of carbonyl (C=O) groups is 2. The van der Waals surface area contributed by atoms with E-state index in [4.69, 9.17) is 5.11 Å². The van der Waals surface area contributed by atoms with Crippen LogP contribution in [0.3, 0.4) is 0 Å². The number of hydrogen-bond acceptors (Lipinski definition) is 3. The number of aliphatic carboxylic acids is 1. The first-order chi connectivity index (χ1) is 7.00. The summed E-state index contributed by atoms with van der Waals surface area (Å²) in [6.45, 7) is 5.02. The van der Waals surface area contributed by atoms with E-state index in [1.165, 1.54) is 4.90 Å². The van der Waals surface area contributed by atoms with Crippen LogP contribution in [-0.2, 0) is 4.79 Å². The number of nitrogens with zero attached hydrogens (tertiary/aromatic N) is 1. The van der Waals surface area contributed by atoms with Gasteiger partial charge in [-0.1, -0.05) is 0 Å². The van der Waals surface area contributed by atoms with Crippen molar-refractivity contribution in [1.82, 2.24) is 15.5 Å². The van der Waals surface area contributed by atoms with Gasteiger partial charge in [0.15, 0.2) is 0 Å². The second-order valence-corrected chi connectivity index (χ2v) is 3.90. The zero-order valence-corrected chi connectivity index (χ0v) is 8.99. The molecule has 1 heterocycles. The fraction of sp³-hybridized carbons (Fsp3) is 0.778. The molecule has 0 aromatic rings. The lowest BCUT2D eigenvalue weighted by atomic mass is 10.2. The quantitative estimate of drug-likeness (QED) is 0.578. The van der Waals surface area contributed by atoms with Gasteiger partial charge in [0.05, 0.1) is 0 Å². The Labute approximate surface area is 88.6 Å². The van der Waals surface area contributed by atoms with Gasteiger partial charge in [0, 0.05) is 25.7 Å². The lowest BCUT2D eigenvalue weighted by Crippen LogP contribution is -2.58. The lowest BCUT2D eigenvalue weighted by molar-refractivity contribution is -0.140. The number of carboxylic acids is 1. The van der Waals surface area contributed by atoms with Crippen LogP contribution in [0.2, 0.25) is 0 Å². The molecule has 1 fully saturated rings. The number of nitrogens with one attached hydrogen (secondary N) is 2. The Morgan fingerprint density at radius 1 is 1.53 bits per heavy atom. The minimum Gasteiger partial charge on any atom is -0.480 e.